The van der Waals surface area contributed by atoms with E-state index in [1.54, 1.807) is 0 Å². The maximum Gasteiger partial charge on any atom is 0.312 e. The van der Waals surface area contributed by atoms with E-state index in [4.69, 9.17) is 14.7 Å². The van der Waals surface area contributed by atoms with Gasteiger partial charge in [0, 0.05) is 12.7 Å². The Morgan fingerprint density at radius 1 is 1.56 bits per heavy atom. The van der Waals surface area contributed by atoms with E-state index in [0.717, 1.165) is 12.8 Å². The smallest absolute Gasteiger partial charge is 0.312 e. The van der Waals surface area contributed by atoms with Crippen molar-refractivity contribution in [2.24, 2.45) is 0 Å². The summed E-state index contributed by atoms with van der Waals surface area (Å²) in [5, 5.41) is 19.6. The fourth-order valence-electron chi connectivity index (χ4n) is 1.81. The number of benzene rings is 1. The number of rotatable bonds is 3. The molecule has 6 heteroatoms. The Morgan fingerprint density at radius 2 is 2.39 bits per heavy atom. The van der Waals surface area contributed by atoms with Crippen molar-refractivity contribution < 1.29 is 14.4 Å². The van der Waals surface area contributed by atoms with Crippen LogP contribution in [0.5, 0.6) is 5.75 Å². The molecule has 1 heterocycles. The summed E-state index contributed by atoms with van der Waals surface area (Å²) < 4.78 is 10.8. The minimum Gasteiger partial charge on any atom is -0.481 e. The van der Waals surface area contributed by atoms with Crippen LogP contribution in [-0.2, 0) is 4.74 Å². The molecule has 1 aromatic carbocycles. The van der Waals surface area contributed by atoms with Gasteiger partial charge in [-0.3, -0.25) is 10.1 Å². The van der Waals surface area contributed by atoms with E-state index in [1.807, 2.05) is 6.07 Å². The third-order valence-electron chi connectivity index (χ3n) is 2.70. The standard InChI is InChI=1S/C12H12N2O4/c13-7-9-3-4-12(11(6-9)14(15)16)18-10-2-1-5-17-8-10/h3-4,6,10H,1-2,5,8H2. The van der Waals surface area contributed by atoms with Crippen molar-refractivity contribution in [1.82, 2.24) is 0 Å². The molecule has 1 fully saturated rings. The molecule has 1 saturated heterocycles. The second-order valence-corrected chi connectivity index (χ2v) is 4.01. The Hall–Kier alpha value is -2.13. The zero-order valence-corrected chi connectivity index (χ0v) is 9.67. The van der Waals surface area contributed by atoms with Crippen molar-refractivity contribution >= 4 is 5.69 Å². The van der Waals surface area contributed by atoms with Crippen LogP contribution in [0.15, 0.2) is 18.2 Å². The van der Waals surface area contributed by atoms with E-state index in [2.05, 4.69) is 0 Å². The molecule has 0 aromatic heterocycles. The number of ether oxygens (including phenoxy) is 2. The Balaban J connectivity index is 2.21. The molecule has 6 nitrogen and oxygen atoms in total. The van der Waals surface area contributed by atoms with Gasteiger partial charge in [-0.15, -0.1) is 0 Å². The Labute approximate surface area is 104 Å². The van der Waals surface area contributed by atoms with E-state index >= 15 is 0 Å². The van der Waals surface area contributed by atoms with Crippen LogP contribution >= 0.6 is 0 Å². The highest BCUT2D eigenvalue weighted by Crippen LogP contribution is 2.29. The average Bonchev–Trinajstić information content (AvgIpc) is 2.40. The summed E-state index contributed by atoms with van der Waals surface area (Å²) in [5.74, 6) is 0.189. The molecule has 0 saturated carbocycles. The van der Waals surface area contributed by atoms with Crippen LogP contribution in [0.1, 0.15) is 18.4 Å². The maximum absolute atomic E-state index is 10.9. The minimum absolute atomic E-state index is 0.162. The molecule has 1 aromatic rings. The van der Waals surface area contributed by atoms with Gasteiger partial charge in [0.2, 0.25) is 0 Å². The molecule has 0 aliphatic carbocycles. The van der Waals surface area contributed by atoms with Gasteiger partial charge in [0.25, 0.3) is 0 Å². The SMILES string of the molecule is N#Cc1ccc(OC2CCCOC2)c([N+](=O)[O-])c1. The molecule has 0 spiro atoms. The molecule has 1 unspecified atom stereocenters. The first-order valence-electron chi connectivity index (χ1n) is 5.63. The average molecular weight is 248 g/mol. The van der Waals surface area contributed by atoms with E-state index in [-0.39, 0.29) is 23.1 Å². The quantitative estimate of drug-likeness (QED) is 0.603. The molecule has 18 heavy (non-hydrogen) atoms. The Bertz CT molecular complexity index is 489. The second-order valence-electron chi connectivity index (χ2n) is 4.01. The number of nitro groups is 1. The van der Waals surface area contributed by atoms with Crippen molar-refractivity contribution in [3.05, 3.63) is 33.9 Å². The number of nitro benzene ring substituents is 1. The molecule has 1 atom stereocenters. The van der Waals surface area contributed by atoms with E-state index in [1.165, 1.54) is 18.2 Å². The summed E-state index contributed by atoms with van der Waals surface area (Å²) in [6, 6.07) is 6.06. The topological polar surface area (TPSA) is 85.4 Å². The highest BCUT2D eigenvalue weighted by molar-refractivity contribution is 5.51. The van der Waals surface area contributed by atoms with Crippen LogP contribution in [0.3, 0.4) is 0 Å². The first kappa shape index (κ1) is 12.3. The van der Waals surface area contributed by atoms with Crippen LogP contribution in [0.4, 0.5) is 5.69 Å². The number of nitrogens with zero attached hydrogens (tertiary/aromatic N) is 2. The van der Waals surface area contributed by atoms with Crippen molar-refractivity contribution in [2.45, 2.75) is 18.9 Å². The first-order chi connectivity index (χ1) is 8.70. The molecule has 1 aliphatic rings. The largest absolute Gasteiger partial charge is 0.481 e. The summed E-state index contributed by atoms with van der Waals surface area (Å²) >= 11 is 0. The molecule has 1 aliphatic heterocycles. The lowest BCUT2D eigenvalue weighted by atomic mass is 10.1. The molecule has 94 valence electrons. The van der Waals surface area contributed by atoms with E-state index in [9.17, 15) is 10.1 Å². The van der Waals surface area contributed by atoms with Gasteiger partial charge in [-0.25, -0.2) is 0 Å². The predicted octanol–water partition coefficient (Wildman–Crippen LogP) is 2.02. The van der Waals surface area contributed by atoms with Crippen LogP contribution in [0.2, 0.25) is 0 Å². The lowest BCUT2D eigenvalue weighted by Crippen LogP contribution is -2.28. The first-order valence-corrected chi connectivity index (χ1v) is 5.63. The van der Waals surface area contributed by atoms with Gasteiger partial charge >= 0.3 is 5.69 Å². The molecular weight excluding hydrogens is 236 g/mol. The van der Waals surface area contributed by atoms with Gasteiger partial charge in [0.05, 0.1) is 23.2 Å². The van der Waals surface area contributed by atoms with Crippen molar-refractivity contribution in [3.63, 3.8) is 0 Å². The lowest BCUT2D eigenvalue weighted by molar-refractivity contribution is -0.386. The molecular formula is C12H12N2O4. The Morgan fingerprint density at radius 3 is 3.00 bits per heavy atom. The second kappa shape index (κ2) is 5.47. The van der Waals surface area contributed by atoms with Crippen LogP contribution in [0.25, 0.3) is 0 Å². The van der Waals surface area contributed by atoms with Gasteiger partial charge in [-0.2, -0.15) is 5.26 Å². The van der Waals surface area contributed by atoms with E-state index in [0.29, 0.717) is 13.2 Å². The molecule has 0 radical (unpaired) electrons. The summed E-state index contributed by atoms with van der Waals surface area (Å²) in [4.78, 5) is 10.4. The fraction of sp³-hybridized carbons (Fsp3) is 0.417. The summed E-state index contributed by atoms with van der Waals surface area (Å²) in [5.41, 5.74) is 0.0635. The zero-order chi connectivity index (χ0) is 13.0. The zero-order valence-electron chi connectivity index (χ0n) is 9.67. The minimum atomic E-state index is -0.542. The van der Waals surface area contributed by atoms with Gasteiger partial charge in [-0.05, 0) is 25.0 Å². The molecule has 0 N–H and O–H groups in total. The highest BCUT2D eigenvalue weighted by atomic mass is 16.6. The third kappa shape index (κ3) is 2.76. The van der Waals surface area contributed by atoms with Gasteiger partial charge in [-0.1, -0.05) is 0 Å². The van der Waals surface area contributed by atoms with Crippen LogP contribution < -0.4 is 4.74 Å². The molecule has 2 rings (SSSR count). The monoisotopic (exact) mass is 248 g/mol. The van der Waals surface area contributed by atoms with Gasteiger partial charge < -0.3 is 9.47 Å². The summed E-state index contributed by atoms with van der Waals surface area (Å²) in [6.45, 7) is 1.15. The lowest BCUT2D eigenvalue weighted by Gasteiger charge is -2.23. The Kier molecular flexibility index (Phi) is 3.75. The fourth-order valence-corrected chi connectivity index (χ4v) is 1.81. The predicted molar refractivity (Wildman–Crippen MR) is 62.3 cm³/mol. The van der Waals surface area contributed by atoms with Gasteiger partial charge in [0.15, 0.2) is 5.75 Å². The molecule has 0 bridgehead atoms. The van der Waals surface area contributed by atoms with Crippen molar-refractivity contribution in [3.8, 4) is 11.8 Å². The maximum atomic E-state index is 10.9. The third-order valence-corrected chi connectivity index (χ3v) is 2.70. The summed E-state index contributed by atoms with van der Waals surface area (Å²) in [6.07, 6.45) is 1.54. The van der Waals surface area contributed by atoms with Crippen molar-refractivity contribution in [2.75, 3.05) is 13.2 Å². The molecule has 0 amide bonds. The number of hydrogen-bond donors (Lipinski definition) is 0. The van der Waals surface area contributed by atoms with Crippen molar-refractivity contribution in [1.29, 1.82) is 5.26 Å². The van der Waals surface area contributed by atoms with E-state index < -0.39 is 4.92 Å². The number of nitriles is 1. The van der Waals surface area contributed by atoms with Gasteiger partial charge in [0.1, 0.15) is 6.10 Å². The summed E-state index contributed by atoms with van der Waals surface area (Å²) in [7, 11) is 0. The number of hydrogen-bond acceptors (Lipinski definition) is 5. The normalized spacial score (nSPS) is 18.9. The van der Waals surface area contributed by atoms with Crippen LogP contribution in [0, 0.1) is 21.4 Å². The van der Waals surface area contributed by atoms with Crippen LogP contribution in [-0.4, -0.2) is 24.2 Å². The highest BCUT2D eigenvalue weighted by Gasteiger charge is 2.21.